The number of benzene rings is 1. The summed E-state index contributed by atoms with van der Waals surface area (Å²) >= 11 is 0. The number of aromatic nitrogens is 1. The second-order valence-electron chi connectivity index (χ2n) is 6.00. The fourth-order valence-electron chi connectivity index (χ4n) is 2.96. The van der Waals surface area contributed by atoms with Gasteiger partial charge in [0.25, 0.3) is 5.91 Å². The standard InChI is InChI=1S/C18H19N3O2/c1-12(2)16(17(22)20-14-7-9-19-10-8-14)21-11-13-5-3-4-6-15(13)18(21)23/h3-10,12,16H,11H2,1-2H3,(H,19,20,22)/t16-/m1/s1. The van der Waals surface area contributed by atoms with Crippen LogP contribution in [0.5, 0.6) is 0 Å². The molecule has 2 heterocycles. The smallest absolute Gasteiger partial charge is 0.255 e. The van der Waals surface area contributed by atoms with Gasteiger partial charge in [0, 0.05) is 30.2 Å². The lowest BCUT2D eigenvalue weighted by atomic mass is 10.0. The van der Waals surface area contributed by atoms with E-state index in [2.05, 4.69) is 10.3 Å². The van der Waals surface area contributed by atoms with E-state index in [-0.39, 0.29) is 17.7 Å². The molecule has 1 aromatic heterocycles. The Bertz CT molecular complexity index is 728. The van der Waals surface area contributed by atoms with Crippen LogP contribution < -0.4 is 5.32 Å². The molecule has 0 fully saturated rings. The summed E-state index contributed by atoms with van der Waals surface area (Å²) in [6.07, 6.45) is 3.24. The van der Waals surface area contributed by atoms with Crippen molar-refractivity contribution < 1.29 is 9.59 Å². The van der Waals surface area contributed by atoms with E-state index in [1.54, 1.807) is 29.4 Å². The summed E-state index contributed by atoms with van der Waals surface area (Å²) in [5.74, 6) is -0.244. The van der Waals surface area contributed by atoms with Crippen LogP contribution in [-0.2, 0) is 11.3 Å². The Morgan fingerprint density at radius 3 is 2.52 bits per heavy atom. The third kappa shape index (κ3) is 2.95. The minimum absolute atomic E-state index is 0.00935. The summed E-state index contributed by atoms with van der Waals surface area (Å²) in [5, 5.41) is 2.87. The van der Waals surface area contributed by atoms with Gasteiger partial charge >= 0.3 is 0 Å². The number of pyridine rings is 1. The maximum absolute atomic E-state index is 12.7. The Hall–Kier alpha value is -2.69. The molecule has 2 amide bonds. The molecule has 1 atom stereocenters. The highest BCUT2D eigenvalue weighted by Gasteiger charge is 2.37. The lowest BCUT2D eigenvalue weighted by Gasteiger charge is -2.29. The predicted octanol–water partition coefficient (Wildman–Crippen LogP) is 2.70. The number of carbonyl (C=O) groups excluding carboxylic acids is 2. The van der Waals surface area contributed by atoms with Gasteiger partial charge < -0.3 is 10.2 Å². The van der Waals surface area contributed by atoms with E-state index in [0.29, 0.717) is 17.8 Å². The molecule has 1 aliphatic rings. The van der Waals surface area contributed by atoms with Crippen molar-refractivity contribution in [1.29, 1.82) is 0 Å². The van der Waals surface area contributed by atoms with E-state index < -0.39 is 6.04 Å². The fourth-order valence-corrected chi connectivity index (χ4v) is 2.96. The van der Waals surface area contributed by atoms with Crippen LogP contribution >= 0.6 is 0 Å². The van der Waals surface area contributed by atoms with Gasteiger partial charge in [-0.2, -0.15) is 0 Å². The molecule has 0 spiro atoms. The Balaban J connectivity index is 1.83. The maximum atomic E-state index is 12.7. The first-order chi connectivity index (χ1) is 11.1. The van der Waals surface area contributed by atoms with Crippen molar-refractivity contribution in [1.82, 2.24) is 9.88 Å². The zero-order valence-electron chi connectivity index (χ0n) is 13.2. The van der Waals surface area contributed by atoms with Crippen molar-refractivity contribution in [3.05, 3.63) is 59.9 Å². The molecule has 0 saturated heterocycles. The van der Waals surface area contributed by atoms with Crippen molar-refractivity contribution >= 4 is 17.5 Å². The maximum Gasteiger partial charge on any atom is 0.255 e. The molecule has 0 saturated carbocycles. The zero-order chi connectivity index (χ0) is 16.4. The van der Waals surface area contributed by atoms with E-state index in [1.807, 2.05) is 38.1 Å². The summed E-state index contributed by atoms with van der Waals surface area (Å²) in [6.45, 7) is 4.38. The first-order valence-electron chi connectivity index (χ1n) is 7.67. The Morgan fingerprint density at radius 2 is 1.87 bits per heavy atom. The molecule has 1 N–H and O–H groups in total. The number of nitrogens with zero attached hydrogens (tertiary/aromatic N) is 2. The monoisotopic (exact) mass is 309 g/mol. The van der Waals surface area contributed by atoms with E-state index in [4.69, 9.17) is 0 Å². The SMILES string of the molecule is CC(C)[C@H](C(=O)Nc1ccncc1)N1Cc2ccccc2C1=O. The number of hydrogen-bond donors (Lipinski definition) is 1. The van der Waals surface area contributed by atoms with Crippen LogP contribution in [0.2, 0.25) is 0 Å². The van der Waals surface area contributed by atoms with Gasteiger partial charge in [0.2, 0.25) is 5.91 Å². The number of amides is 2. The molecule has 1 aliphatic heterocycles. The Labute approximate surface area is 135 Å². The topological polar surface area (TPSA) is 62.3 Å². The molecule has 118 valence electrons. The van der Waals surface area contributed by atoms with Crippen LogP contribution in [0, 0.1) is 5.92 Å². The molecule has 0 aliphatic carbocycles. The van der Waals surface area contributed by atoms with E-state index in [1.165, 1.54) is 0 Å². The highest BCUT2D eigenvalue weighted by Crippen LogP contribution is 2.27. The molecule has 23 heavy (non-hydrogen) atoms. The van der Waals surface area contributed by atoms with Crippen molar-refractivity contribution in [2.24, 2.45) is 5.92 Å². The van der Waals surface area contributed by atoms with Gasteiger partial charge in [-0.3, -0.25) is 14.6 Å². The quantitative estimate of drug-likeness (QED) is 0.944. The minimum atomic E-state index is -0.511. The predicted molar refractivity (Wildman–Crippen MR) is 87.8 cm³/mol. The number of hydrogen-bond acceptors (Lipinski definition) is 3. The summed E-state index contributed by atoms with van der Waals surface area (Å²) in [6, 6.07) is 10.5. The van der Waals surface area contributed by atoms with Gasteiger partial charge in [0.1, 0.15) is 6.04 Å². The van der Waals surface area contributed by atoms with Crippen molar-refractivity contribution in [2.75, 3.05) is 5.32 Å². The first kappa shape index (κ1) is 15.2. The third-order valence-corrected chi connectivity index (χ3v) is 4.03. The molecule has 2 aromatic rings. The van der Waals surface area contributed by atoms with Gasteiger partial charge in [-0.15, -0.1) is 0 Å². The van der Waals surface area contributed by atoms with Crippen LogP contribution in [0.3, 0.4) is 0 Å². The molecular weight excluding hydrogens is 290 g/mol. The largest absolute Gasteiger partial charge is 0.324 e. The first-order valence-corrected chi connectivity index (χ1v) is 7.67. The molecular formula is C18H19N3O2. The average Bonchev–Trinajstić information content (AvgIpc) is 2.85. The fraction of sp³-hybridized carbons (Fsp3) is 0.278. The van der Waals surface area contributed by atoms with Gasteiger partial charge in [-0.1, -0.05) is 32.0 Å². The minimum Gasteiger partial charge on any atom is -0.324 e. The normalized spacial score (nSPS) is 14.7. The number of nitrogens with one attached hydrogen (secondary N) is 1. The molecule has 5 nitrogen and oxygen atoms in total. The lowest BCUT2D eigenvalue weighted by Crippen LogP contribution is -2.47. The number of rotatable bonds is 4. The summed E-state index contributed by atoms with van der Waals surface area (Å²) in [5.41, 5.74) is 2.34. The number of fused-ring (bicyclic) bond motifs is 1. The van der Waals surface area contributed by atoms with Gasteiger partial charge in [-0.25, -0.2) is 0 Å². The highest BCUT2D eigenvalue weighted by atomic mass is 16.2. The molecule has 5 heteroatoms. The zero-order valence-corrected chi connectivity index (χ0v) is 13.2. The third-order valence-electron chi connectivity index (χ3n) is 4.03. The van der Waals surface area contributed by atoms with E-state index >= 15 is 0 Å². The van der Waals surface area contributed by atoms with Crippen molar-refractivity contribution in [3.8, 4) is 0 Å². The van der Waals surface area contributed by atoms with Gasteiger partial charge in [-0.05, 0) is 29.7 Å². The number of carbonyl (C=O) groups is 2. The second-order valence-corrected chi connectivity index (χ2v) is 6.00. The average molecular weight is 309 g/mol. The summed E-state index contributed by atoms with van der Waals surface area (Å²) in [4.78, 5) is 30.9. The Morgan fingerprint density at radius 1 is 1.17 bits per heavy atom. The van der Waals surface area contributed by atoms with Crippen LogP contribution in [0.15, 0.2) is 48.8 Å². The van der Waals surface area contributed by atoms with Crippen LogP contribution in [0.4, 0.5) is 5.69 Å². The van der Waals surface area contributed by atoms with Crippen molar-refractivity contribution in [2.45, 2.75) is 26.4 Å². The van der Waals surface area contributed by atoms with Crippen LogP contribution in [0.25, 0.3) is 0 Å². The summed E-state index contributed by atoms with van der Waals surface area (Å²) < 4.78 is 0. The molecule has 0 bridgehead atoms. The highest BCUT2D eigenvalue weighted by molar-refractivity contribution is 6.03. The van der Waals surface area contributed by atoms with Crippen molar-refractivity contribution in [3.63, 3.8) is 0 Å². The van der Waals surface area contributed by atoms with Gasteiger partial charge in [0.05, 0.1) is 0 Å². The summed E-state index contributed by atoms with van der Waals surface area (Å²) in [7, 11) is 0. The van der Waals surface area contributed by atoms with Crippen LogP contribution in [-0.4, -0.2) is 27.7 Å². The Kier molecular flexibility index (Phi) is 4.10. The van der Waals surface area contributed by atoms with E-state index in [0.717, 1.165) is 5.56 Å². The molecule has 0 unspecified atom stereocenters. The van der Waals surface area contributed by atoms with Gasteiger partial charge in [0.15, 0.2) is 0 Å². The lowest BCUT2D eigenvalue weighted by molar-refractivity contribution is -0.122. The second kappa shape index (κ2) is 6.20. The molecule has 3 rings (SSSR count). The number of anilines is 1. The molecule has 1 aromatic carbocycles. The van der Waals surface area contributed by atoms with Crippen LogP contribution in [0.1, 0.15) is 29.8 Å². The van der Waals surface area contributed by atoms with E-state index in [9.17, 15) is 9.59 Å². The molecule has 0 radical (unpaired) electrons.